The van der Waals surface area contributed by atoms with E-state index in [1.54, 1.807) is 19.2 Å². The maximum absolute atomic E-state index is 13.0. The van der Waals surface area contributed by atoms with Gasteiger partial charge in [-0.3, -0.25) is 0 Å². The van der Waals surface area contributed by atoms with Crippen LogP contribution in [-0.4, -0.2) is 12.0 Å². The SMILES string of the molecule is CNc1nc(C)c(-c2cccc(F)c2)o1. The maximum atomic E-state index is 13.0. The molecule has 0 unspecified atom stereocenters. The number of hydrogen-bond acceptors (Lipinski definition) is 3. The summed E-state index contributed by atoms with van der Waals surface area (Å²) < 4.78 is 18.4. The van der Waals surface area contributed by atoms with Crippen LogP contribution in [0.1, 0.15) is 5.69 Å². The van der Waals surface area contributed by atoms with Gasteiger partial charge in [-0.25, -0.2) is 4.39 Å². The monoisotopic (exact) mass is 206 g/mol. The Kier molecular flexibility index (Phi) is 2.41. The van der Waals surface area contributed by atoms with Crippen LogP contribution in [0.4, 0.5) is 10.4 Å². The number of aromatic nitrogens is 1. The van der Waals surface area contributed by atoms with E-state index < -0.39 is 0 Å². The molecule has 0 aliphatic heterocycles. The number of nitrogens with zero attached hydrogens (tertiary/aromatic N) is 1. The summed E-state index contributed by atoms with van der Waals surface area (Å²) in [4.78, 5) is 4.13. The third-order valence-corrected chi connectivity index (χ3v) is 2.10. The minimum absolute atomic E-state index is 0.283. The highest BCUT2D eigenvalue weighted by Gasteiger charge is 2.10. The van der Waals surface area contributed by atoms with Gasteiger partial charge in [0.2, 0.25) is 0 Å². The van der Waals surface area contributed by atoms with E-state index in [2.05, 4.69) is 10.3 Å². The van der Waals surface area contributed by atoms with Crippen molar-refractivity contribution in [1.82, 2.24) is 4.98 Å². The van der Waals surface area contributed by atoms with Gasteiger partial charge in [-0.2, -0.15) is 4.98 Å². The van der Waals surface area contributed by atoms with E-state index in [1.165, 1.54) is 12.1 Å². The lowest BCUT2D eigenvalue weighted by molar-refractivity contribution is 0.586. The number of rotatable bonds is 2. The van der Waals surface area contributed by atoms with Crippen molar-refractivity contribution in [3.05, 3.63) is 35.8 Å². The molecule has 3 nitrogen and oxygen atoms in total. The topological polar surface area (TPSA) is 38.1 Å². The molecule has 1 heterocycles. The minimum Gasteiger partial charge on any atom is -0.423 e. The van der Waals surface area contributed by atoms with Gasteiger partial charge in [0.05, 0.1) is 5.69 Å². The van der Waals surface area contributed by atoms with Gasteiger partial charge >= 0.3 is 0 Å². The Balaban J connectivity index is 2.48. The van der Waals surface area contributed by atoms with Gasteiger partial charge in [0.15, 0.2) is 5.76 Å². The molecular formula is C11H11FN2O. The second-order valence-corrected chi connectivity index (χ2v) is 3.19. The van der Waals surface area contributed by atoms with E-state index in [4.69, 9.17) is 4.42 Å². The average molecular weight is 206 g/mol. The average Bonchev–Trinajstić information content (AvgIpc) is 2.60. The first-order valence-electron chi connectivity index (χ1n) is 4.62. The van der Waals surface area contributed by atoms with Crippen LogP contribution < -0.4 is 5.32 Å². The van der Waals surface area contributed by atoms with E-state index in [1.807, 2.05) is 6.92 Å². The molecular weight excluding hydrogens is 195 g/mol. The van der Waals surface area contributed by atoms with E-state index in [9.17, 15) is 4.39 Å². The standard InChI is InChI=1S/C11H11FN2O/c1-7-10(15-11(13-2)14-7)8-4-3-5-9(12)6-8/h3-6H,1-2H3,(H,13,14). The Bertz CT molecular complexity index is 479. The summed E-state index contributed by atoms with van der Waals surface area (Å²) in [5.41, 5.74) is 1.44. The Morgan fingerprint density at radius 3 is 2.80 bits per heavy atom. The number of benzene rings is 1. The second-order valence-electron chi connectivity index (χ2n) is 3.19. The van der Waals surface area contributed by atoms with Gasteiger partial charge in [-0.05, 0) is 19.1 Å². The molecule has 15 heavy (non-hydrogen) atoms. The van der Waals surface area contributed by atoms with E-state index in [0.717, 1.165) is 5.69 Å². The largest absolute Gasteiger partial charge is 0.423 e. The first kappa shape index (κ1) is 9.71. The second kappa shape index (κ2) is 3.73. The van der Waals surface area contributed by atoms with Crippen LogP contribution in [-0.2, 0) is 0 Å². The van der Waals surface area contributed by atoms with Gasteiger partial charge in [-0.15, -0.1) is 0 Å². The summed E-state index contributed by atoms with van der Waals surface area (Å²) in [5.74, 6) is 0.313. The third kappa shape index (κ3) is 1.83. The first-order valence-corrected chi connectivity index (χ1v) is 4.62. The Hall–Kier alpha value is -1.84. The summed E-state index contributed by atoms with van der Waals surface area (Å²) in [6.45, 7) is 1.82. The number of nitrogens with one attached hydrogen (secondary N) is 1. The van der Waals surface area contributed by atoms with Crippen molar-refractivity contribution < 1.29 is 8.81 Å². The van der Waals surface area contributed by atoms with Gasteiger partial charge in [0.25, 0.3) is 6.01 Å². The molecule has 0 aliphatic rings. The molecule has 2 rings (SSSR count). The molecule has 78 valence electrons. The van der Waals surface area contributed by atoms with Gasteiger partial charge in [0, 0.05) is 12.6 Å². The lowest BCUT2D eigenvalue weighted by Gasteiger charge is -1.97. The maximum Gasteiger partial charge on any atom is 0.295 e. The molecule has 0 bridgehead atoms. The lowest BCUT2D eigenvalue weighted by atomic mass is 10.1. The number of anilines is 1. The number of halogens is 1. The fourth-order valence-electron chi connectivity index (χ4n) is 1.40. The van der Waals surface area contributed by atoms with E-state index in [-0.39, 0.29) is 5.82 Å². The van der Waals surface area contributed by atoms with Crippen molar-refractivity contribution >= 4 is 6.01 Å². The Morgan fingerprint density at radius 2 is 2.20 bits per heavy atom. The molecule has 0 atom stereocenters. The van der Waals surface area contributed by atoms with Gasteiger partial charge < -0.3 is 9.73 Å². The molecule has 0 fully saturated rings. The van der Waals surface area contributed by atoms with Crippen molar-refractivity contribution in [2.24, 2.45) is 0 Å². The minimum atomic E-state index is -0.283. The number of aryl methyl sites for hydroxylation is 1. The highest BCUT2D eigenvalue weighted by atomic mass is 19.1. The number of oxazole rings is 1. The first-order chi connectivity index (χ1) is 7.20. The third-order valence-electron chi connectivity index (χ3n) is 2.10. The number of hydrogen-bond donors (Lipinski definition) is 1. The fraction of sp³-hybridized carbons (Fsp3) is 0.182. The zero-order valence-corrected chi connectivity index (χ0v) is 8.54. The molecule has 4 heteroatoms. The summed E-state index contributed by atoms with van der Waals surface area (Å²) in [6.07, 6.45) is 0. The molecule has 0 spiro atoms. The van der Waals surface area contributed by atoms with Crippen molar-refractivity contribution in [3.63, 3.8) is 0 Å². The molecule has 1 aromatic heterocycles. The van der Waals surface area contributed by atoms with Crippen molar-refractivity contribution in [2.45, 2.75) is 6.92 Å². The Labute approximate surface area is 86.9 Å². The van der Waals surface area contributed by atoms with Crippen LogP contribution in [0, 0.1) is 12.7 Å². The highest BCUT2D eigenvalue weighted by Crippen LogP contribution is 2.26. The van der Waals surface area contributed by atoms with Gasteiger partial charge in [0.1, 0.15) is 5.82 Å². The normalized spacial score (nSPS) is 10.3. The van der Waals surface area contributed by atoms with Crippen LogP contribution in [0.5, 0.6) is 0 Å². The van der Waals surface area contributed by atoms with E-state index in [0.29, 0.717) is 17.3 Å². The summed E-state index contributed by atoms with van der Waals surface area (Å²) >= 11 is 0. The van der Waals surface area contributed by atoms with Crippen LogP contribution in [0.15, 0.2) is 28.7 Å². The molecule has 1 aromatic carbocycles. The predicted molar refractivity (Wildman–Crippen MR) is 56.2 cm³/mol. The summed E-state index contributed by atoms with van der Waals surface area (Å²) in [7, 11) is 1.72. The van der Waals surface area contributed by atoms with Crippen molar-refractivity contribution in [1.29, 1.82) is 0 Å². The van der Waals surface area contributed by atoms with Crippen molar-refractivity contribution in [2.75, 3.05) is 12.4 Å². The Morgan fingerprint density at radius 1 is 1.40 bits per heavy atom. The fourth-order valence-corrected chi connectivity index (χ4v) is 1.40. The molecule has 2 aromatic rings. The summed E-state index contributed by atoms with van der Waals surface area (Å²) in [5, 5.41) is 2.80. The molecule has 0 aliphatic carbocycles. The molecule has 0 radical (unpaired) electrons. The van der Waals surface area contributed by atoms with Gasteiger partial charge in [-0.1, -0.05) is 12.1 Å². The highest BCUT2D eigenvalue weighted by molar-refractivity contribution is 5.60. The summed E-state index contributed by atoms with van der Waals surface area (Å²) in [6, 6.07) is 6.69. The molecule has 0 saturated heterocycles. The lowest BCUT2D eigenvalue weighted by Crippen LogP contribution is -1.85. The predicted octanol–water partition coefficient (Wildman–Crippen LogP) is 2.83. The molecule has 0 saturated carbocycles. The van der Waals surface area contributed by atoms with Crippen molar-refractivity contribution in [3.8, 4) is 11.3 Å². The molecule has 1 N–H and O–H groups in total. The molecule has 0 amide bonds. The zero-order chi connectivity index (χ0) is 10.8. The quantitative estimate of drug-likeness (QED) is 0.821. The van der Waals surface area contributed by atoms with Crippen LogP contribution in [0.25, 0.3) is 11.3 Å². The van der Waals surface area contributed by atoms with Crippen LogP contribution >= 0.6 is 0 Å². The smallest absolute Gasteiger partial charge is 0.295 e. The van der Waals surface area contributed by atoms with E-state index >= 15 is 0 Å². The zero-order valence-electron chi connectivity index (χ0n) is 8.54. The van der Waals surface area contributed by atoms with Crippen LogP contribution in [0.3, 0.4) is 0 Å². The van der Waals surface area contributed by atoms with Crippen LogP contribution in [0.2, 0.25) is 0 Å².